The number of hydrogen-bond acceptors (Lipinski definition) is 3. The molecule has 1 rings (SSSR count). The van der Waals surface area contributed by atoms with Crippen molar-refractivity contribution in [3.05, 3.63) is 0 Å². The molecule has 0 bridgehead atoms. The van der Waals surface area contributed by atoms with Crippen LogP contribution in [0.4, 0.5) is 0 Å². The van der Waals surface area contributed by atoms with E-state index in [-0.39, 0.29) is 18.8 Å². The summed E-state index contributed by atoms with van der Waals surface area (Å²) in [6.45, 7) is 3.96. The Balaban J connectivity index is 2.29. The van der Waals surface area contributed by atoms with E-state index in [2.05, 4.69) is 4.52 Å². The monoisotopic (exact) mass is 210 g/mol. The van der Waals surface area contributed by atoms with Crippen molar-refractivity contribution in [2.75, 3.05) is 6.61 Å². The Morgan fingerprint density at radius 3 is 2.54 bits per heavy atom. The molecule has 1 saturated heterocycles. The quantitative estimate of drug-likeness (QED) is 0.677. The van der Waals surface area contributed by atoms with E-state index in [1.54, 1.807) is 0 Å². The smallest absolute Gasteiger partial charge is 0.373 e. The SMILES string of the molecule is CC1CC(COP(=O)(O)O)OC1C. The number of phosphoric ester groups is 1. The van der Waals surface area contributed by atoms with Gasteiger partial charge in [-0.15, -0.1) is 0 Å². The molecular weight excluding hydrogens is 195 g/mol. The molecule has 0 amide bonds. The standard InChI is InChI=1S/C7H15O5P/c1-5-3-7(12-6(5)2)4-11-13(8,9)10/h5-7H,3-4H2,1-2H3,(H2,8,9,10). The van der Waals surface area contributed by atoms with Crippen molar-refractivity contribution in [2.24, 2.45) is 5.92 Å². The van der Waals surface area contributed by atoms with Crippen molar-refractivity contribution in [3.63, 3.8) is 0 Å². The second-order valence-electron chi connectivity index (χ2n) is 3.46. The van der Waals surface area contributed by atoms with Gasteiger partial charge in [0.1, 0.15) is 0 Å². The molecule has 5 nitrogen and oxygen atoms in total. The lowest BCUT2D eigenvalue weighted by molar-refractivity contribution is 0.0140. The number of rotatable bonds is 3. The van der Waals surface area contributed by atoms with Crippen LogP contribution in [0.3, 0.4) is 0 Å². The van der Waals surface area contributed by atoms with Gasteiger partial charge in [-0.05, 0) is 19.3 Å². The Hall–Kier alpha value is 0.0700. The fraction of sp³-hybridized carbons (Fsp3) is 1.00. The number of hydrogen-bond donors (Lipinski definition) is 2. The van der Waals surface area contributed by atoms with Gasteiger partial charge in [-0.25, -0.2) is 4.57 Å². The second kappa shape index (κ2) is 4.07. The largest absolute Gasteiger partial charge is 0.469 e. The third-order valence-corrected chi connectivity index (χ3v) is 2.76. The molecule has 1 aliphatic rings. The van der Waals surface area contributed by atoms with Crippen LogP contribution >= 0.6 is 7.82 Å². The molecule has 0 radical (unpaired) electrons. The molecule has 78 valence electrons. The minimum Gasteiger partial charge on any atom is -0.373 e. The molecule has 0 aliphatic carbocycles. The predicted octanol–water partition coefficient (Wildman–Crippen LogP) is 0.909. The van der Waals surface area contributed by atoms with Gasteiger partial charge in [0, 0.05) is 0 Å². The average molecular weight is 210 g/mol. The van der Waals surface area contributed by atoms with E-state index in [1.165, 1.54) is 0 Å². The Morgan fingerprint density at radius 2 is 2.15 bits per heavy atom. The molecule has 1 heterocycles. The second-order valence-corrected chi connectivity index (χ2v) is 4.70. The summed E-state index contributed by atoms with van der Waals surface area (Å²) in [5, 5.41) is 0. The van der Waals surface area contributed by atoms with Crippen LogP contribution in [0, 0.1) is 5.92 Å². The Morgan fingerprint density at radius 1 is 1.54 bits per heavy atom. The molecule has 3 unspecified atom stereocenters. The minimum absolute atomic E-state index is 0.0288. The van der Waals surface area contributed by atoms with Crippen molar-refractivity contribution in [2.45, 2.75) is 32.5 Å². The highest BCUT2D eigenvalue weighted by molar-refractivity contribution is 7.46. The summed E-state index contributed by atoms with van der Waals surface area (Å²) in [6.07, 6.45) is 0.754. The van der Waals surface area contributed by atoms with Crippen molar-refractivity contribution in [1.29, 1.82) is 0 Å². The van der Waals surface area contributed by atoms with Crippen LogP contribution in [0.25, 0.3) is 0 Å². The van der Waals surface area contributed by atoms with Crippen LogP contribution in [0.1, 0.15) is 20.3 Å². The van der Waals surface area contributed by atoms with E-state index in [0.29, 0.717) is 5.92 Å². The van der Waals surface area contributed by atoms with E-state index in [9.17, 15) is 4.57 Å². The molecule has 0 saturated carbocycles. The fourth-order valence-electron chi connectivity index (χ4n) is 1.39. The van der Waals surface area contributed by atoms with Gasteiger partial charge in [-0.3, -0.25) is 4.52 Å². The summed E-state index contributed by atoms with van der Waals surface area (Å²) < 4.78 is 20.1. The van der Waals surface area contributed by atoms with Gasteiger partial charge in [0.15, 0.2) is 0 Å². The van der Waals surface area contributed by atoms with Crippen molar-refractivity contribution >= 4 is 7.82 Å². The van der Waals surface area contributed by atoms with E-state index in [4.69, 9.17) is 14.5 Å². The first-order valence-corrected chi connectivity index (χ1v) is 5.77. The minimum atomic E-state index is -4.34. The van der Waals surface area contributed by atoms with Gasteiger partial charge < -0.3 is 14.5 Å². The van der Waals surface area contributed by atoms with Gasteiger partial charge in [0.25, 0.3) is 0 Å². The Bertz CT molecular complexity index is 203. The highest BCUT2D eigenvalue weighted by Gasteiger charge is 2.30. The third-order valence-electron chi connectivity index (χ3n) is 2.27. The summed E-state index contributed by atoms with van der Waals surface area (Å²) >= 11 is 0. The first-order chi connectivity index (χ1) is 5.88. The molecular formula is C7H15O5P. The predicted molar refractivity (Wildman–Crippen MR) is 46.1 cm³/mol. The molecule has 1 aliphatic heterocycles. The first kappa shape index (κ1) is 11.1. The summed E-state index contributed by atoms with van der Waals surface area (Å²) in [6, 6.07) is 0. The molecule has 6 heteroatoms. The zero-order chi connectivity index (χ0) is 10.1. The molecule has 13 heavy (non-hydrogen) atoms. The average Bonchev–Trinajstić information content (AvgIpc) is 2.27. The van der Waals surface area contributed by atoms with Crippen LogP contribution in [0.5, 0.6) is 0 Å². The van der Waals surface area contributed by atoms with Gasteiger partial charge in [0.05, 0.1) is 18.8 Å². The van der Waals surface area contributed by atoms with Gasteiger partial charge >= 0.3 is 7.82 Å². The highest BCUT2D eigenvalue weighted by atomic mass is 31.2. The highest BCUT2D eigenvalue weighted by Crippen LogP contribution is 2.37. The van der Waals surface area contributed by atoms with Gasteiger partial charge in [-0.2, -0.15) is 0 Å². The maximum Gasteiger partial charge on any atom is 0.469 e. The molecule has 1 fully saturated rings. The van der Waals surface area contributed by atoms with E-state index >= 15 is 0 Å². The van der Waals surface area contributed by atoms with E-state index < -0.39 is 7.82 Å². The zero-order valence-electron chi connectivity index (χ0n) is 7.71. The van der Waals surface area contributed by atoms with Crippen LogP contribution < -0.4 is 0 Å². The molecule has 3 atom stereocenters. The van der Waals surface area contributed by atoms with Crippen molar-refractivity contribution in [1.82, 2.24) is 0 Å². The lowest BCUT2D eigenvalue weighted by Gasteiger charge is -2.11. The fourth-order valence-corrected chi connectivity index (χ4v) is 1.75. The third kappa shape index (κ3) is 3.75. The summed E-state index contributed by atoms with van der Waals surface area (Å²) in [7, 11) is -4.34. The van der Waals surface area contributed by atoms with Crippen LogP contribution in [0.2, 0.25) is 0 Å². The maximum atomic E-state index is 10.4. The van der Waals surface area contributed by atoms with Gasteiger partial charge in [-0.1, -0.05) is 6.92 Å². The topological polar surface area (TPSA) is 76.0 Å². The van der Waals surface area contributed by atoms with Crippen LogP contribution in [-0.2, 0) is 13.8 Å². The Labute approximate surface area is 77.3 Å². The zero-order valence-corrected chi connectivity index (χ0v) is 8.61. The lowest BCUT2D eigenvalue weighted by Crippen LogP contribution is -2.14. The molecule has 0 aromatic rings. The van der Waals surface area contributed by atoms with E-state index in [0.717, 1.165) is 6.42 Å². The molecule has 0 aromatic carbocycles. The maximum absolute atomic E-state index is 10.4. The summed E-state index contributed by atoms with van der Waals surface area (Å²) in [5.41, 5.74) is 0. The van der Waals surface area contributed by atoms with Crippen LogP contribution in [-0.4, -0.2) is 28.6 Å². The summed E-state index contributed by atoms with van der Waals surface area (Å²) in [5.74, 6) is 0.422. The first-order valence-electron chi connectivity index (χ1n) is 4.24. The molecule has 2 N–H and O–H groups in total. The van der Waals surface area contributed by atoms with Gasteiger partial charge in [0.2, 0.25) is 0 Å². The summed E-state index contributed by atoms with van der Waals surface area (Å²) in [4.78, 5) is 16.9. The lowest BCUT2D eigenvalue weighted by atomic mass is 10.0. The molecule has 0 aromatic heterocycles. The number of phosphoric acid groups is 1. The Kier molecular flexibility index (Phi) is 3.49. The van der Waals surface area contributed by atoms with Crippen molar-refractivity contribution in [3.8, 4) is 0 Å². The van der Waals surface area contributed by atoms with Crippen molar-refractivity contribution < 1.29 is 23.6 Å². The normalized spacial score (nSPS) is 35.2. The molecule has 0 spiro atoms. The van der Waals surface area contributed by atoms with E-state index in [1.807, 2.05) is 13.8 Å². The van der Waals surface area contributed by atoms with Crippen LogP contribution in [0.15, 0.2) is 0 Å². The number of ether oxygens (including phenoxy) is 1.